The molecule has 1 aliphatic heterocycles. The van der Waals surface area contributed by atoms with E-state index in [1.165, 1.54) is 19.3 Å². The molecule has 31 heavy (non-hydrogen) atoms. The third kappa shape index (κ3) is 4.51. The van der Waals surface area contributed by atoms with E-state index in [1.54, 1.807) is 14.2 Å². The van der Waals surface area contributed by atoms with Crippen LogP contribution >= 0.6 is 0 Å². The van der Waals surface area contributed by atoms with Crippen LogP contribution < -0.4 is 15.2 Å². The number of ether oxygens (including phenoxy) is 2. The zero-order chi connectivity index (χ0) is 21.8. The molecule has 2 aromatic rings. The van der Waals surface area contributed by atoms with Crippen LogP contribution in [0.5, 0.6) is 11.5 Å². The highest BCUT2D eigenvalue weighted by molar-refractivity contribution is 5.76. The number of tetrazole rings is 1. The minimum Gasteiger partial charge on any atom is -0.497 e. The highest BCUT2D eigenvalue weighted by atomic mass is 16.5. The zero-order valence-corrected chi connectivity index (χ0v) is 18.4. The fraction of sp³-hybridized carbons (Fsp3) is 0.636. The number of hydrogen-bond donors (Lipinski definition) is 1. The van der Waals surface area contributed by atoms with Crippen molar-refractivity contribution in [3.05, 3.63) is 29.6 Å². The number of benzene rings is 1. The van der Waals surface area contributed by atoms with E-state index in [4.69, 9.17) is 15.2 Å². The van der Waals surface area contributed by atoms with Crippen LogP contribution in [0.25, 0.3) is 0 Å². The third-order valence-corrected chi connectivity index (χ3v) is 6.71. The lowest BCUT2D eigenvalue weighted by Crippen LogP contribution is -2.42. The van der Waals surface area contributed by atoms with Crippen LogP contribution in [-0.4, -0.2) is 58.3 Å². The van der Waals surface area contributed by atoms with E-state index >= 15 is 0 Å². The number of methoxy groups -OCH3 is 2. The first-order valence-electron chi connectivity index (χ1n) is 11.2. The molecule has 9 nitrogen and oxygen atoms in total. The van der Waals surface area contributed by atoms with E-state index in [9.17, 15) is 4.79 Å². The van der Waals surface area contributed by atoms with Crippen molar-refractivity contribution in [3.8, 4) is 11.5 Å². The van der Waals surface area contributed by atoms with Gasteiger partial charge in [0.05, 0.1) is 20.3 Å². The van der Waals surface area contributed by atoms with E-state index in [2.05, 4.69) is 20.4 Å². The zero-order valence-electron chi connectivity index (χ0n) is 18.4. The number of hydrogen-bond acceptors (Lipinski definition) is 7. The molecular weight excluding hydrogens is 396 g/mol. The van der Waals surface area contributed by atoms with E-state index in [-0.39, 0.29) is 17.9 Å². The number of rotatable bonds is 7. The van der Waals surface area contributed by atoms with Crippen molar-refractivity contribution in [2.45, 2.75) is 57.0 Å². The SMILES string of the molecule is COc1ccc(OC)c([C@@H](c2nnnn2C2CCCCC2)N2CCC(C(N)=O)CC2)c1. The van der Waals surface area contributed by atoms with Crippen molar-refractivity contribution in [2.75, 3.05) is 27.3 Å². The Morgan fingerprint density at radius 2 is 1.84 bits per heavy atom. The van der Waals surface area contributed by atoms with Crippen LogP contribution in [0.2, 0.25) is 0 Å². The highest BCUT2D eigenvalue weighted by Crippen LogP contribution is 2.39. The first kappa shape index (κ1) is 21.5. The van der Waals surface area contributed by atoms with E-state index in [0.717, 1.165) is 61.7 Å². The standard InChI is InChI=1S/C22H32N6O3/c1-30-17-8-9-19(31-2)18(14-17)20(27-12-10-15(11-13-27)21(23)29)22-24-25-26-28(22)16-6-4-3-5-7-16/h8-9,14-16,20H,3-7,10-13H2,1-2H3,(H2,23,29)/t20-/m0/s1. The molecule has 2 aliphatic rings. The van der Waals surface area contributed by atoms with Gasteiger partial charge in [0, 0.05) is 11.5 Å². The normalized spacial score (nSPS) is 19.8. The molecule has 4 rings (SSSR count). The molecule has 1 aliphatic carbocycles. The van der Waals surface area contributed by atoms with Crippen molar-refractivity contribution < 1.29 is 14.3 Å². The quantitative estimate of drug-likeness (QED) is 0.722. The van der Waals surface area contributed by atoms with Crippen LogP contribution in [0.15, 0.2) is 18.2 Å². The maximum atomic E-state index is 11.7. The Morgan fingerprint density at radius 1 is 1.10 bits per heavy atom. The largest absolute Gasteiger partial charge is 0.497 e. The van der Waals surface area contributed by atoms with Gasteiger partial charge in [0.1, 0.15) is 17.5 Å². The van der Waals surface area contributed by atoms with Crippen LogP contribution in [0.3, 0.4) is 0 Å². The monoisotopic (exact) mass is 428 g/mol. The van der Waals surface area contributed by atoms with Crippen molar-refractivity contribution >= 4 is 5.91 Å². The van der Waals surface area contributed by atoms with Gasteiger partial charge in [0.15, 0.2) is 5.82 Å². The highest BCUT2D eigenvalue weighted by Gasteiger charge is 2.35. The molecule has 1 atom stereocenters. The molecule has 168 valence electrons. The van der Waals surface area contributed by atoms with Crippen molar-refractivity contribution in [1.82, 2.24) is 25.1 Å². The summed E-state index contributed by atoms with van der Waals surface area (Å²) < 4.78 is 13.3. The molecule has 1 saturated carbocycles. The summed E-state index contributed by atoms with van der Waals surface area (Å²) in [5, 5.41) is 13.0. The molecule has 0 bridgehead atoms. The first-order chi connectivity index (χ1) is 15.1. The Kier molecular flexibility index (Phi) is 6.70. The van der Waals surface area contributed by atoms with Crippen molar-refractivity contribution in [3.63, 3.8) is 0 Å². The predicted octanol–water partition coefficient (Wildman–Crippen LogP) is 2.48. The maximum absolute atomic E-state index is 11.7. The maximum Gasteiger partial charge on any atom is 0.220 e. The summed E-state index contributed by atoms with van der Waals surface area (Å²) in [6, 6.07) is 5.93. The first-order valence-corrected chi connectivity index (χ1v) is 11.2. The second kappa shape index (κ2) is 9.64. The van der Waals surface area contributed by atoms with Gasteiger partial charge in [-0.3, -0.25) is 9.69 Å². The third-order valence-electron chi connectivity index (χ3n) is 6.71. The molecule has 0 spiro atoms. The fourth-order valence-electron chi connectivity index (χ4n) is 4.96. The summed E-state index contributed by atoms with van der Waals surface area (Å²) in [6.45, 7) is 1.46. The lowest BCUT2D eigenvalue weighted by Gasteiger charge is -2.37. The minimum absolute atomic E-state index is 0.0848. The lowest BCUT2D eigenvalue weighted by atomic mass is 9.92. The molecule has 1 saturated heterocycles. The Balaban J connectivity index is 1.75. The van der Waals surface area contributed by atoms with Crippen molar-refractivity contribution in [2.24, 2.45) is 11.7 Å². The molecular formula is C22H32N6O3. The van der Waals surface area contributed by atoms with Crippen LogP contribution in [0, 0.1) is 5.92 Å². The number of carbonyl (C=O) groups excluding carboxylic acids is 1. The molecule has 2 N–H and O–H groups in total. The Bertz CT molecular complexity index is 887. The Labute approximate surface area is 182 Å². The molecule has 2 fully saturated rings. The summed E-state index contributed by atoms with van der Waals surface area (Å²) in [6.07, 6.45) is 7.28. The number of nitrogens with two attached hydrogens (primary N) is 1. The average molecular weight is 429 g/mol. The van der Waals surface area contributed by atoms with Gasteiger partial charge in [-0.2, -0.15) is 0 Å². The molecule has 1 aromatic heterocycles. The summed E-state index contributed by atoms with van der Waals surface area (Å²) in [7, 11) is 3.33. The van der Waals surface area contributed by atoms with Gasteiger partial charge in [-0.25, -0.2) is 4.68 Å². The van der Waals surface area contributed by atoms with Crippen molar-refractivity contribution in [1.29, 1.82) is 0 Å². The van der Waals surface area contributed by atoms with E-state index < -0.39 is 0 Å². The smallest absolute Gasteiger partial charge is 0.220 e. The molecule has 0 radical (unpaired) electrons. The van der Waals surface area contributed by atoms with Gasteiger partial charge in [0.25, 0.3) is 0 Å². The van der Waals surface area contributed by atoms with E-state index in [0.29, 0.717) is 6.04 Å². The Hall–Kier alpha value is -2.68. The molecule has 1 amide bonds. The summed E-state index contributed by atoms with van der Waals surface area (Å²) in [5.74, 6) is 2.03. The minimum atomic E-state index is -0.220. The fourth-order valence-corrected chi connectivity index (χ4v) is 4.96. The van der Waals surface area contributed by atoms with Gasteiger partial charge in [-0.1, -0.05) is 19.3 Å². The second-order valence-corrected chi connectivity index (χ2v) is 8.50. The second-order valence-electron chi connectivity index (χ2n) is 8.50. The van der Waals surface area contributed by atoms with Gasteiger partial charge >= 0.3 is 0 Å². The number of carbonyl (C=O) groups is 1. The topological polar surface area (TPSA) is 108 Å². The van der Waals surface area contributed by atoms with Gasteiger partial charge in [-0.15, -0.1) is 5.10 Å². The number of piperidine rings is 1. The molecule has 2 heterocycles. The summed E-state index contributed by atoms with van der Waals surface area (Å²) in [4.78, 5) is 14.0. The molecule has 1 aromatic carbocycles. The van der Waals surface area contributed by atoms with Gasteiger partial charge in [-0.05, 0) is 67.4 Å². The average Bonchev–Trinajstić information content (AvgIpc) is 3.29. The molecule has 9 heteroatoms. The van der Waals surface area contributed by atoms with Gasteiger partial charge < -0.3 is 15.2 Å². The lowest BCUT2D eigenvalue weighted by molar-refractivity contribution is -0.123. The van der Waals surface area contributed by atoms with Crippen LogP contribution in [-0.2, 0) is 4.79 Å². The van der Waals surface area contributed by atoms with Crippen LogP contribution in [0.1, 0.15) is 68.4 Å². The summed E-state index contributed by atoms with van der Waals surface area (Å²) >= 11 is 0. The number of nitrogens with zero attached hydrogens (tertiary/aromatic N) is 5. The number of amides is 1. The summed E-state index contributed by atoms with van der Waals surface area (Å²) in [5.41, 5.74) is 6.53. The Morgan fingerprint density at radius 3 is 2.48 bits per heavy atom. The van der Waals surface area contributed by atoms with Crippen LogP contribution in [0.4, 0.5) is 0 Å². The number of primary amides is 1. The predicted molar refractivity (Wildman–Crippen MR) is 115 cm³/mol. The van der Waals surface area contributed by atoms with E-state index in [1.807, 2.05) is 22.9 Å². The van der Waals surface area contributed by atoms with Gasteiger partial charge in [0.2, 0.25) is 5.91 Å². The number of aromatic nitrogens is 4. The molecule has 0 unspecified atom stereocenters. The number of likely N-dealkylation sites (tertiary alicyclic amines) is 1.